The lowest BCUT2D eigenvalue weighted by Crippen LogP contribution is -2.45. The van der Waals surface area contributed by atoms with E-state index in [1.165, 1.54) is 12.1 Å². The van der Waals surface area contributed by atoms with Gasteiger partial charge in [0.15, 0.2) is 0 Å². The van der Waals surface area contributed by atoms with Gasteiger partial charge in [-0.1, -0.05) is 6.92 Å². The van der Waals surface area contributed by atoms with E-state index in [9.17, 15) is 15.2 Å². The second-order valence-electron chi connectivity index (χ2n) is 5.68. The summed E-state index contributed by atoms with van der Waals surface area (Å²) < 4.78 is 0. The first kappa shape index (κ1) is 15.2. The molecule has 1 aliphatic carbocycles. The van der Waals surface area contributed by atoms with Gasteiger partial charge in [0, 0.05) is 6.07 Å². The van der Waals surface area contributed by atoms with Crippen LogP contribution in [0.25, 0.3) is 0 Å². The van der Waals surface area contributed by atoms with E-state index < -0.39 is 10.5 Å². The Balaban J connectivity index is 2.23. The summed E-state index contributed by atoms with van der Waals surface area (Å²) in [5.41, 5.74) is -0.983. The standard InChI is InChI=1S/C14H18N4O3/c1-10-4-6-14(9-19,7-5-10)17-13-3-2-12(18(20)21)11(8-15)16-13/h2-3,10,19H,4-7,9H2,1H3,(H,16,17). The molecule has 0 aromatic carbocycles. The predicted octanol–water partition coefficient (Wildman–Crippen LogP) is 2.21. The van der Waals surface area contributed by atoms with Crippen LogP contribution in [0.4, 0.5) is 11.5 Å². The molecule has 0 aliphatic heterocycles. The minimum absolute atomic E-state index is 0.0275. The summed E-state index contributed by atoms with van der Waals surface area (Å²) >= 11 is 0. The van der Waals surface area contributed by atoms with Crippen molar-refractivity contribution in [3.05, 3.63) is 27.9 Å². The number of aliphatic hydroxyl groups excluding tert-OH is 1. The second kappa shape index (κ2) is 6.06. The second-order valence-corrected chi connectivity index (χ2v) is 5.68. The van der Waals surface area contributed by atoms with E-state index in [0.717, 1.165) is 25.7 Å². The lowest BCUT2D eigenvalue weighted by molar-refractivity contribution is -0.385. The average molecular weight is 290 g/mol. The Morgan fingerprint density at radius 2 is 2.24 bits per heavy atom. The highest BCUT2D eigenvalue weighted by Gasteiger charge is 2.34. The number of nitrogens with one attached hydrogen (secondary N) is 1. The van der Waals surface area contributed by atoms with Crippen LogP contribution in [-0.2, 0) is 0 Å². The van der Waals surface area contributed by atoms with Crippen molar-refractivity contribution in [1.82, 2.24) is 4.98 Å². The van der Waals surface area contributed by atoms with Gasteiger partial charge in [-0.2, -0.15) is 5.26 Å². The molecule has 0 amide bonds. The number of hydrogen-bond donors (Lipinski definition) is 2. The minimum Gasteiger partial charge on any atom is -0.394 e. The van der Waals surface area contributed by atoms with Gasteiger partial charge in [-0.3, -0.25) is 10.1 Å². The fourth-order valence-electron chi connectivity index (χ4n) is 2.66. The maximum absolute atomic E-state index is 10.8. The summed E-state index contributed by atoms with van der Waals surface area (Å²) in [5.74, 6) is 1.02. The Kier molecular flexibility index (Phi) is 4.38. The summed E-state index contributed by atoms with van der Waals surface area (Å²) in [5, 5.41) is 32.6. The number of aliphatic hydroxyl groups is 1. The smallest absolute Gasteiger partial charge is 0.305 e. The van der Waals surface area contributed by atoms with Gasteiger partial charge in [-0.15, -0.1) is 0 Å². The molecule has 0 atom stereocenters. The van der Waals surface area contributed by atoms with Crippen LogP contribution in [0.15, 0.2) is 12.1 Å². The molecule has 1 aromatic heterocycles. The number of nitrogens with zero attached hydrogens (tertiary/aromatic N) is 3. The first-order chi connectivity index (χ1) is 9.99. The zero-order valence-electron chi connectivity index (χ0n) is 11.9. The van der Waals surface area contributed by atoms with Crippen molar-refractivity contribution in [1.29, 1.82) is 5.26 Å². The van der Waals surface area contributed by atoms with Gasteiger partial charge < -0.3 is 10.4 Å². The third-order valence-corrected chi connectivity index (χ3v) is 4.10. The van der Waals surface area contributed by atoms with E-state index in [-0.39, 0.29) is 18.0 Å². The van der Waals surface area contributed by atoms with E-state index in [1.807, 2.05) is 0 Å². The average Bonchev–Trinajstić information content (AvgIpc) is 2.49. The van der Waals surface area contributed by atoms with E-state index in [0.29, 0.717) is 11.7 Å². The van der Waals surface area contributed by atoms with Crippen LogP contribution in [0.5, 0.6) is 0 Å². The maximum Gasteiger partial charge on any atom is 0.305 e. The number of aromatic nitrogens is 1. The highest BCUT2D eigenvalue weighted by atomic mass is 16.6. The summed E-state index contributed by atoms with van der Waals surface area (Å²) in [4.78, 5) is 14.2. The first-order valence-electron chi connectivity index (χ1n) is 6.94. The number of nitriles is 1. The van der Waals surface area contributed by atoms with Gasteiger partial charge in [-0.25, -0.2) is 4.98 Å². The molecule has 1 saturated carbocycles. The van der Waals surface area contributed by atoms with Crippen LogP contribution in [0, 0.1) is 27.4 Å². The normalized spacial score (nSPS) is 25.1. The monoisotopic (exact) mass is 290 g/mol. The van der Waals surface area contributed by atoms with Crippen LogP contribution in [0.1, 0.15) is 38.3 Å². The fourth-order valence-corrected chi connectivity index (χ4v) is 2.66. The van der Waals surface area contributed by atoms with Crippen LogP contribution in [0.3, 0.4) is 0 Å². The molecule has 0 bridgehead atoms. The quantitative estimate of drug-likeness (QED) is 0.649. The molecular formula is C14H18N4O3. The molecule has 112 valence electrons. The lowest BCUT2D eigenvalue weighted by atomic mass is 9.77. The molecule has 0 unspecified atom stereocenters. The SMILES string of the molecule is CC1CCC(CO)(Nc2ccc([N+](=O)[O-])c(C#N)n2)CC1. The summed E-state index contributed by atoms with van der Waals surface area (Å²) in [7, 11) is 0. The lowest BCUT2D eigenvalue weighted by Gasteiger charge is -2.39. The van der Waals surface area contributed by atoms with E-state index in [1.54, 1.807) is 6.07 Å². The van der Waals surface area contributed by atoms with Gasteiger partial charge >= 0.3 is 5.69 Å². The van der Waals surface area contributed by atoms with Crippen molar-refractivity contribution < 1.29 is 10.0 Å². The number of rotatable bonds is 4. The predicted molar refractivity (Wildman–Crippen MR) is 76.7 cm³/mol. The molecule has 2 N–H and O–H groups in total. The van der Waals surface area contributed by atoms with Crippen molar-refractivity contribution in [2.45, 2.75) is 38.1 Å². The third kappa shape index (κ3) is 3.28. The minimum atomic E-state index is -0.626. The summed E-state index contributed by atoms with van der Waals surface area (Å²) in [6.07, 6.45) is 3.63. The van der Waals surface area contributed by atoms with Gasteiger partial charge in [0.25, 0.3) is 0 Å². The molecule has 21 heavy (non-hydrogen) atoms. The molecular weight excluding hydrogens is 272 g/mol. The fraction of sp³-hybridized carbons (Fsp3) is 0.571. The van der Waals surface area contributed by atoms with E-state index in [4.69, 9.17) is 5.26 Å². The Labute approximate surface area is 122 Å². The molecule has 2 rings (SSSR count). The van der Waals surface area contributed by atoms with E-state index >= 15 is 0 Å². The highest BCUT2D eigenvalue weighted by molar-refractivity contribution is 5.51. The van der Waals surface area contributed by atoms with Crippen LogP contribution in [-0.4, -0.2) is 27.2 Å². The van der Waals surface area contributed by atoms with Crippen molar-refractivity contribution in [3.63, 3.8) is 0 Å². The molecule has 1 aromatic rings. The topological polar surface area (TPSA) is 112 Å². The van der Waals surface area contributed by atoms with Crippen LogP contribution >= 0.6 is 0 Å². The molecule has 1 heterocycles. The Hall–Kier alpha value is -2.20. The van der Waals surface area contributed by atoms with Crippen molar-refractivity contribution in [3.8, 4) is 6.07 Å². The number of hydrogen-bond acceptors (Lipinski definition) is 6. The molecule has 7 heteroatoms. The molecule has 7 nitrogen and oxygen atoms in total. The van der Waals surface area contributed by atoms with Crippen molar-refractivity contribution in [2.24, 2.45) is 5.92 Å². The van der Waals surface area contributed by atoms with Crippen molar-refractivity contribution in [2.75, 3.05) is 11.9 Å². The van der Waals surface area contributed by atoms with E-state index in [2.05, 4.69) is 17.2 Å². The zero-order chi connectivity index (χ0) is 15.5. The third-order valence-electron chi connectivity index (χ3n) is 4.10. The first-order valence-corrected chi connectivity index (χ1v) is 6.94. The van der Waals surface area contributed by atoms with Crippen LogP contribution < -0.4 is 5.32 Å². The Bertz CT molecular complexity index is 574. The molecule has 0 radical (unpaired) electrons. The number of anilines is 1. The van der Waals surface area contributed by atoms with Crippen LogP contribution in [0.2, 0.25) is 0 Å². The molecule has 1 aliphatic rings. The van der Waals surface area contributed by atoms with Gasteiger partial charge in [0.1, 0.15) is 11.9 Å². The highest BCUT2D eigenvalue weighted by Crippen LogP contribution is 2.34. The maximum atomic E-state index is 10.8. The Morgan fingerprint density at radius 3 is 2.76 bits per heavy atom. The van der Waals surface area contributed by atoms with Gasteiger partial charge in [-0.05, 0) is 37.7 Å². The number of nitro groups is 1. The molecule has 0 spiro atoms. The molecule has 0 saturated heterocycles. The van der Waals surface area contributed by atoms with Crippen molar-refractivity contribution >= 4 is 11.5 Å². The summed E-state index contributed by atoms with van der Waals surface area (Å²) in [6.45, 7) is 2.15. The van der Waals surface area contributed by atoms with Gasteiger partial charge in [0.05, 0.1) is 17.1 Å². The molecule has 1 fully saturated rings. The number of pyridine rings is 1. The Morgan fingerprint density at radius 1 is 1.57 bits per heavy atom. The summed E-state index contributed by atoms with van der Waals surface area (Å²) in [6, 6.07) is 4.49. The largest absolute Gasteiger partial charge is 0.394 e. The van der Waals surface area contributed by atoms with Gasteiger partial charge in [0.2, 0.25) is 5.69 Å². The zero-order valence-corrected chi connectivity index (χ0v) is 11.9.